The molecule has 120 valence electrons. The smallest absolute Gasteiger partial charge is 0.101 e. The first kappa shape index (κ1) is 16.4. The molecule has 0 atom stereocenters. The van der Waals surface area contributed by atoms with Gasteiger partial charge in [0.15, 0.2) is 0 Å². The van der Waals surface area contributed by atoms with Crippen molar-refractivity contribution in [1.82, 2.24) is 0 Å². The number of nitrogens with zero attached hydrogens (tertiary/aromatic N) is 3. The predicted molar refractivity (Wildman–Crippen MR) is 97.9 cm³/mol. The lowest BCUT2D eigenvalue weighted by molar-refractivity contribution is 0.575. The Morgan fingerprint density at radius 3 is 2.25 bits per heavy atom. The van der Waals surface area contributed by atoms with Crippen LogP contribution in [0.1, 0.15) is 36.0 Å². The molecule has 2 aromatic rings. The molecule has 0 bridgehead atoms. The van der Waals surface area contributed by atoms with Crippen LogP contribution in [0.5, 0.6) is 0 Å². The average molecular weight is 333 g/mol. The molecule has 3 nitrogen and oxygen atoms in total. The van der Waals surface area contributed by atoms with Crippen LogP contribution in [-0.4, -0.2) is 13.1 Å². The molecule has 4 heteroatoms. The number of nitriles is 2. The van der Waals surface area contributed by atoms with E-state index in [0.717, 1.165) is 29.4 Å². The van der Waals surface area contributed by atoms with Gasteiger partial charge in [-0.1, -0.05) is 30.3 Å². The summed E-state index contributed by atoms with van der Waals surface area (Å²) in [4.78, 5) is 3.45. The van der Waals surface area contributed by atoms with Gasteiger partial charge in [0.2, 0.25) is 0 Å². The van der Waals surface area contributed by atoms with Gasteiger partial charge in [-0.05, 0) is 37.0 Å². The summed E-state index contributed by atoms with van der Waals surface area (Å²) < 4.78 is 0. The summed E-state index contributed by atoms with van der Waals surface area (Å²) in [6, 6.07) is 18.4. The minimum atomic E-state index is 0.467. The van der Waals surface area contributed by atoms with Gasteiger partial charge in [0.1, 0.15) is 12.1 Å². The highest BCUT2D eigenvalue weighted by molar-refractivity contribution is 7.98. The molecule has 24 heavy (non-hydrogen) atoms. The number of hydrogen-bond acceptors (Lipinski definition) is 4. The van der Waals surface area contributed by atoms with Crippen molar-refractivity contribution in [3.05, 3.63) is 59.2 Å². The van der Waals surface area contributed by atoms with E-state index in [1.165, 1.54) is 24.8 Å². The average Bonchev–Trinajstić information content (AvgIpc) is 2.67. The molecule has 0 aliphatic carbocycles. The minimum Gasteiger partial charge on any atom is -0.371 e. The van der Waals surface area contributed by atoms with Crippen LogP contribution in [0.4, 0.5) is 5.69 Å². The molecule has 1 fully saturated rings. The third-order valence-corrected chi connectivity index (χ3v) is 5.39. The molecule has 1 heterocycles. The Morgan fingerprint density at radius 2 is 1.58 bits per heavy atom. The first-order valence-corrected chi connectivity index (χ1v) is 9.20. The van der Waals surface area contributed by atoms with Gasteiger partial charge < -0.3 is 4.90 Å². The van der Waals surface area contributed by atoms with E-state index >= 15 is 0 Å². The van der Waals surface area contributed by atoms with E-state index in [1.54, 1.807) is 11.8 Å². The number of thioether (sulfide) groups is 1. The molecule has 0 unspecified atom stereocenters. The first-order valence-electron chi connectivity index (χ1n) is 8.22. The molecule has 0 N–H and O–H groups in total. The molecule has 1 aliphatic rings. The highest BCUT2D eigenvalue weighted by Crippen LogP contribution is 2.36. The van der Waals surface area contributed by atoms with E-state index in [0.29, 0.717) is 11.1 Å². The van der Waals surface area contributed by atoms with Crippen molar-refractivity contribution in [1.29, 1.82) is 10.5 Å². The third-order valence-electron chi connectivity index (χ3n) is 4.27. The maximum absolute atomic E-state index is 9.34. The van der Waals surface area contributed by atoms with Crippen LogP contribution in [0.15, 0.2) is 47.4 Å². The summed E-state index contributed by atoms with van der Waals surface area (Å²) in [5, 5.41) is 18.7. The van der Waals surface area contributed by atoms with Crippen LogP contribution in [0, 0.1) is 22.7 Å². The fraction of sp³-hybridized carbons (Fsp3) is 0.300. The molecular formula is C20H19N3S. The molecule has 1 aliphatic heterocycles. The van der Waals surface area contributed by atoms with E-state index in [9.17, 15) is 10.5 Å². The van der Waals surface area contributed by atoms with Crippen molar-refractivity contribution in [3.8, 4) is 12.1 Å². The van der Waals surface area contributed by atoms with Crippen molar-refractivity contribution < 1.29 is 0 Å². The van der Waals surface area contributed by atoms with E-state index in [2.05, 4.69) is 29.2 Å². The van der Waals surface area contributed by atoms with E-state index < -0.39 is 0 Å². The lowest BCUT2D eigenvalue weighted by Crippen LogP contribution is -2.30. The Hall–Kier alpha value is -2.43. The molecule has 1 saturated heterocycles. The van der Waals surface area contributed by atoms with Crippen LogP contribution in [-0.2, 0) is 5.75 Å². The van der Waals surface area contributed by atoms with Gasteiger partial charge in [0.05, 0.1) is 16.8 Å². The van der Waals surface area contributed by atoms with E-state index in [1.807, 2.05) is 30.3 Å². The van der Waals surface area contributed by atoms with Gasteiger partial charge in [0.25, 0.3) is 0 Å². The minimum absolute atomic E-state index is 0.467. The predicted octanol–water partition coefficient (Wildman–Crippen LogP) is 4.71. The van der Waals surface area contributed by atoms with Crippen LogP contribution in [0.2, 0.25) is 0 Å². The SMILES string of the molecule is N#Cc1cc(SCc2ccccc2)c(N2CCCCC2)cc1C#N. The van der Waals surface area contributed by atoms with Gasteiger partial charge in [-0.3, -0.25) is 0 Å². The zero-order valence-electron chi connectivity index (χ0n) is 13.5. The molecule has 0 aromatic heterocycles. The largest absolute Gasteiger partial charge is 0.371 e. The monoisotopic (exact) mass is 333 g/mol. The molecule has 3 rings (SSSR count). The fourth-order valence-electron chi connectivity index (χ4n) is 2.99. The summed E-state index contributed by atoms with van der Waals surface area (Å²) in [6.07, 6.45) is 3.64. The number of anilines is 1. The van der Waals surface area contributed by atoms with Crippen molar-refractivity contribution in [3.63, 3.8) is 0 Å². The molecule has 0 saturated carbocycles. The molecular weight excluding hydrogens is 314 g/mol. The summed E-state index contributed by atoms with van der Waals surface area (Å²) >= 11 is 1.74. The Kier molecular flexibility index (Phi) is 5.41. The zero-order chi connectivity index (χ0) is 16.8. The Labute approximate surface area is 147 Å². The Balaban J connectivity index is 1.92. The van der Waals surface area contributed by atoms with Crippen molar-refractivity contribution >= 4 is 17.4 Å². The molecule has 0 amide bonds. The fourth-order valence-corrected chi connectivity index (χ4v) is 4.04. The second kappa shape index (κ2) is 7.90. The number of rotatable bonds is 4. The molecule has 0 spiro atoms. The Bertz CT molecular complexity index is 781. The Morgan fingerprint density at radius 1 is 0.917 bits per heavy atom. The van der Waals surface area contributed by atoms with Crippen LogP contribution < -0.4 is 4.90 Å². The second-order valence-corrected chi connectivity index (χ2v) is 6.93. The second-order valence-electron chi connectivity index (χ2n) is 5.91. The van der Waals surface area contributed by atoms with Crippen molar-refractivity contribution in [2.75, 3.05) is 18.0 Å². The molecule has 0 radical (unpaired) electrons. The van der Waals surface area contributed by atoms with Crippen molar-refractivity contribution in [2.45, 2.75) is 29.9 Å². The number of hydrogen-bond donors (Lipinski definition) is 0. The van der Waals surface area contributed by atoms with Crippen LogP contribution in [0.25, 0.3) is 0 Å². The zero-order valence-corrected chi connectivity index (χ0v) is 14.4. The van der Waals surface area contributed by atoms with Crippen LogP contribution in [0.3, 0.4) is 0 Å². The van der Waals surface area contributed by atoms with Gasteiger partial charge in [-0.2, -0.15) is 10.5 Å². The van der Waals surface area contributed by atoms with E-state index in [4.69, 9.17) is 0 Å². The lowest BCUT2D eigenvalue weighted by atomic mass is 10.1. The number of benzene rings is 2. The highest BCUT2D eigenvalue weighted by atomic mass is 32.2. The summed E-state index contributed by atoms with van der Waals surface area (Å²) in [5.74, 6) is 0.860. The normalized spacial score (nSPS) is 14.0. The lowest BCUT2D eigenvalue weighted by Gasteiger charge is -2.30. The topological polar surface area (TPSA) is 50.8 Å². The van der Waals surface area contributed by atoms with Gasteiger partial charge in [0, 0.05) is 23.7 Å². The molecule has 2 aromatic carbocycles. The van der Waals surface area contributed by atoms with Gasteiger partial charge in [-0.15, -0.1) is 11.8 Å². The summed E-state index contributed by atoms with van der Waals surface area (Å²) in [6.45, 7) is 2.05. The first-order chi connectivity index (χ1) is 11.8. The van der Waals surface area contributed by atoms with Gasteiger partial charge >= 0.3 is 0 Å². The van der Waals surface area contributed by atoms with E-state index in [-0.39, 0.29) is 0 Å². The maximum Gasteiger partial charge on any atom is 0.101 e. The van der Waals surface area contributed by atoms with Crippen LogP contribution >= 0.6 is 11.8 Å². The standard InChI is InChI=1S/C20H19N3S/c21-13-17-11-19(23-9-5-2-6-10-23)20(12-18(17)14-22)24-15-16-7-3-1-4-8-16/h1,3-4,7-8,11-12H,2,5-6,9-10,15H2. The summed E-state index contributed by atoms with van der Waals surface area (Å²) in [5.41, 5.74) is 3.30. The quantitative estimate of drug-likeness (QED) is 0.760. The number of piperidine rings is 1. The summed E-state index contributed by atoms with van der Waals surface area (Å²) in [7, 11) is 0. The van der Waals surface area contributed by atoms with Gasteiger partial charge in [-0.25, -0.2) is 0 Å². The third kappa shape index (κ3) is 3.72. The highest BCUT2D eigenvalue weighted by Gasteiger charge is 2.18. The van der Waals surface area contributed by atoms with Crippen molar-refractivity contribution in [2.24, 2.45) is 0 Å². The maximum atomic E-state index is 9.34.